The van der Waals surface area contributed by atoms with Crippen molar-refractivity contribution in [2.45, 2.75) is 27.7 Å². The minimum absolute atomic E-state index is 0.752. The van der Waals surface area contributed by atoms with Gasteiger partial charge in [0.1, 0.15) is 29.4 Å². The smallest absolute Gasteiger partial charge is 0.157 e. The van der Waals surface area contributed by atoms with E-state index in [1.54, 1.807) is 6.33 Å². The zero-order valence-corrected chi connectivity index (χ0v) is 28.9. The summed E-state index contributed by atoms with van der Waals surface area (Å²) in [5.74, 6) is 3.39. The minimum Gasteiger partial charge on any atom is -0.342 e. The van der Waals surface area contributed by atoms with Crippen molar-refractivity contribution in [3.05, 3.63) is 126 Å². The maximum atomic E-state index is 4.67. The van der Waals surface area contributed by atoms with Crippen LogP contribution in [0.4, 0.5) is 0 Å². The molecule has 4 aromatic carbocycles. The molecule has 0 aliphatic carbocycles. The quantitative estimate of drug-likeness (QED) is 0.145. The monoisotopic (exact) mass is 679 g/mol. The Labute approximate surface area is 297 Å². The zero-order valence-electron chi connectivity index (χ0n) is 28.9. The van der Waals surface area contributed by atoms with Crippen LogP contribution in [-0.4, -0.2) is 54.8 Å². The van der Waals surface area contributed by atoms with Crippen molar-refractivity contribution in [1.29, 1.82) is 0 Å². The number of aryl methyl sites for hydroxylation is 4. The molecule has 11 nitrogen and oxygen atoms in total. The molecule has 0 atom stereocenters. The van der Waals surface area contributed by atoms with Crippen molar-refractivity contribution in [2.75, 3.05) is 0 Å². The summed E-state index contributed by atoms with van der Waals surface area (Å²) in [5, 5.41) is 0. The number of hydrogen-bond acceptors (Lipinski definition) is 7. The highest BCUT2D eigenvalue weighted by atomic mass is 15.0. The van der Waals surface area contributed by atoms with E-state index in [1.807, 2.05) is 76.4 Å². The Kier molecular flexibility index (Phi) is 7.39. The third kappa shape index (κ3) is 5.94. The first kappa shape index (κ1) is 31.0. The van der Waals surface area contributed by atoms with Gasteiger partial charge in [0, 0.05) is 11.9 Å². The number of fused-ring (bicyclic) bond motifs is 4. The van der Waals surface area contributed by atoms with Crippen molar-refractivity contribution < 1.29 is 0 Å². The van der Waals surface area contributed by atoms with E-state index in [0.717, 1.165) is 112 Å². The average Bonchev–Trinajstić information content (AvgIpc) is 3.94. The summed E-state index contributed by atoms with van der Waals surface area (Å²) in [6.07, 6.45) is 3.42. The van der Waals surface area contributed by atoms with E-state index in [1.165, 1.54) is 0 Å². The summed E-state index contributed by atoms with van der Waals surface area (Å²) < 4.78 is 0. The third-order valence-corrected chi connectivity index (χ3v) is 9.03. The molecular formula is C41H33N11. The van der Waals surface area contributed by atoms with Crippen molar-refractivity contribution in [3.63, 3.8) is 0 Å². The van der Waals surface area contributed by atoms with Crippen LogP contribution in [0.5, 0.6) is 0 Å². The van der Waals surface area contributed by atoms with Gasteiger partial charge in [0.05, 0.1) is 44.1 Å². The van der Waals surface area contributed by atoms with Crippen LogP contribution in [0.15, 0.2) is 104 Å². The average molecular weight is 680 g/mol. The molecule has 52 heavy (non-hydrogen) atoms. The Hall–Kier alpha value is -7.01. The lowest BCUT2D eigenvalue weighted by Gasteiger charge is -2.01. The van der Waals surface area contributed by atoms with Gasteiger partial charge in [-0.15, -0.1) is 0 Å². The van der Waals surface area contributed by atoms with Gasteiger partial charge >= 0.3 is 0 Å². The topological polar surface area (TPSA) is 153 Å². The Balaban J connectivity index is 0.000000138. The Morgan fingerprint density at radius 2 is 0.865 bits per heavy atom. The van der Waals surface area contributed by atoms with Crippen molar-refractivity contribution in [1.82, 2.24) is 54.8 Å². The molecule has 10 rings (SSSR count). The van der Waals surface area contributed by atoms with Gasteiger partial charge in [-0.25, -0.2) is 29.9 Å². The number of nitrogens with zero attached hydrogens (tertiary/aromatic N) is 7. The van der Waals surface area contributed by atoms with E-state index < -0.39 is 0 Å². The minimum atomic E-state index is 0.752. The van der Waals surface area contributed by atoms with Crippen LogP contribution >= 0.6 is 0 Å². The Morgan fingerprint density at radius 1 is 0.404 bits per heavy atom. The molecule has 0 amide bonds. The van der Waals surface area contributed by atoms with Crippen LogP contribution < -0.4 is 0 Å². The van der Waals surface area contributed by atoms with Gasteiger partial charge < -0.3 is 19.9 Å². The lowest BCUT2D eigenvalue weighted by Crippen LogP contribution is -1.89. The second-order valence-corrected chi connectivity index (χ2v) is 13.0. The maximum absolute atomic E-state index is 4.67. The van der Waals surface area contributed by atoms with Gasteiger partial charge in [0.2, 0.25) is 0 Å². The molecule has 11 heteroatoms. The molecule has 0 saturated carbocycles. The Bertz CT molecular complexity index is 2910. The number of nitrogens with one attached hydrogen (secondary N) is 4. The van der Waals surface area contributed by atoms with E-state index in [2.05, 4.69) is 103 Å². The highest BCUT2D eigenvalue weighted by molar-refractivity contribution is 5.89. The molecule has 0 saturated heterocycles. The first-order valence-corrected chi connectivity index (χ1v) is 17.0. The summed E-state index contributed by atoms with van der Waals surface area (Å²) in [4.78, 5) is 44.5. The molecule has 0 aliphatic rings. The molecule has 0 bridgehead atoms. The fourth-order valence-corrected chi connectivity index (χ4v) is 6.45. The van der Waals surface area contributed by atoms with Crippen LogP contribution in [0.3, 0.4) is 0 Å². The summed E-state index contributed by atoms with van der Waals surface area (Å²) in [6.45, 7) is 7.91. The highest BCUT2D eigenvalue weighted by Gasteiger charge is 2.11. The first-order valence-electron chi connectivity index (χ1n) is 17.0. The molecular weight excluding hydrogens is 647 g/mol. The van der Waals surface area contributed by atoms with E-state index in [4.69, 9.17) is 0 Å². The van der Waals surface area contributed by atoms with Crippen LogP contribution in [0.1, 0.15) is 22.9 Å². The maximum Gasteiger partial charge on any atom is 0.157 e. The van der Waals surface area contributed by atoms with Crippen molar-refractivity contribution in [3.8, 4) is 45.3 Å². The summed E-state index contributed by atoms with van der Waals surface area (Å²) in [7, 11) is 0. The number of H-pyrrole nitrogens is 4. The second-order valence-electron chi connectivity index (χ2n) is 13.0. The highest BCUT2D eigenvalue weighted by Crippen LogP contribution is 2.29. The summed E-state index contributed by atoms with van der Waals surface area (Å²) in [5.41, 5.74) is 16.1. The molecule has 0 unspecified atom stereocenters. The normalized spacial score (nSPS) is 11.5. The molecule has 0 spiro atoms. The first-order chi connectivity index (χ1) is 25.3. The van der Waals surface area contributed by atoms with Gasteiger partial charge in [-0.1, -0.05) is 30.3 Å². The number of rotatable bonds is 4. The van der Waals surface area contributed by atoms with E-state index in [-0.39, 0.29) is 0 Å². The van der Waals surface area contributed by atoms with Crippen LogP contribution in [-0.2, 0) is 0 Å². The summed E-state index contributed by atoms with van der Waals surface area (Å²) >= 11 is 0. The SMILES string of the molecule is Cc1cc(-c2nc3ccc(-c4ccc5nc(C)[nH]c5c4)cc3[nH]2)ncn1.Cc1ccc(-c2nc3ccc(-c4ccc5nc(C)[nH]c5c4)cc3[nH]2)nc1. The van der Waals surface area contributed by atoms with E-state index >= 15 is 0 Å². The predicted molar refractivity (Wildman–Crippen MR) is 206 cm³/mol. The second kappa shape index (κ2) is 12.4. The molecule has 6 heterocycles. The summed E-state index contributed by atoms with van der Waals surface area (Å²) in [6, 6.07) is 31.0. The standard InChI is InChI=1S/C21H17N5.C20H16N6/c1-12-3-6-18(22-11-12)21-25-17-8-5-15(10-20(17)26-21)14-4-7-16-19(9-14)24-13(2)23-16;1-11-7-19(22-10-21-11)20-25-16-6-4-14(9-18(16)26-20)13-3-5-15-17(8-13)24-12(2)23-15/h3-11H,1-2H3,(H,23,24)(H,25,26);3-10H,1-2H3,(H,23,24)(H,25,26). The molecule has 0 radical (unpaired) electrons. The molecule has 252 valence electrons. The lowest BCUT2D eigenvalue weighted by atomic mass is 10.0. The fraction of sp³-hybridized carbons (Fsp3) is 0.0976. The predicted octanol–water partition coefficient (Wildman–Crippen LogP) is 8.97. The molecule has 4 N–H and O–H groups in total. The fourth-order valence-electron chi connectivity index (χ4n) is 6.45. The third-order valence-electron chi connectivity index (χ3n) is 9.03. The Morgan fingerprint density at radius 3 is 1.33 bits per heavy atom. The van der Waals surface area contributed by atoms with Crippen LogP contribution in [0.2, 0.25) is 0 Å². The van der Waals surface area contributed by atoms with E-state index in [0.29, 0.717) is 0 Å². The molecule has 6 aromatic heterocycles. The number of hydrogen-bond donors (Lipinski definition) is 4. The number of imidazole rings is 4. The van der Waals surface area contributed by atoms with Crippen LogP contribution in [0, 0.1) is 27.7 Å². The number of aromatic amines is 4. The van der Waals surface area contributed by atoms with E-state index in [9.17, 15) is 0 Å². The number of benzene rings is 4. The lowest BCUT2D eigenvalue weighted by molar-refractivity contribution is 1.09. The molecule has 10 aromatic rings. The van der Waals surface area contributed by atoms with Gasteiger partial charge in [0.25, 0.3) is 0 Å². The largest absolute Gasteiger partial charge is 0.342 e. The van der Waals surface area contributed by atoms with Gasteiger partial charge in [-0.05, 0) is 116 Å². The van der Waals surface area contributed by atoms with Gasteiger partial charge in [0.15, 0.2) is 11.6 Å². The molecule has 0 fully saturated rings. The van der Waals surface area contributed by atoms with Crippen molar-refractivity contribution >= 4 is 44.1 Å². The molecule has 0 aliphatic heterocycles. The number of aromatic nitrogens is 11. The van der Waals surface area contributed by atoms with Crippen LogP contribution in [0.25, 0.3) is 89.4 Å². The van der Waals surface area contributed by atoms with Gasteiger partial charge in [-0.2, -0.15) is 0 Å². The van der Waals surface area contributed by atoms with Crippen molar-refractivity contribution in [2.24, 2.45) is 0 Å². The van der Waals surface area contributed by atoms with Gasteiger partial charge in [-0.3, -0.25) is 4.98 Å². The number of pyridine rings is 1. The zero-order chi connectivity index (χ0) is 35.3.